The molecule has 1 aromatic heterocycles. The van der Waals surface area contributed by atoms with Crippen LogP contribution < -0.4 is 5.32 Å². The first-order chi connectivity index (χ1) is 8.56. The molecule has 1 saturated carbocycles. The van der Waals surface area contributed by atoms with Crippen LogP contribution in [-0.4, -0.2) is 17.0 Å². The van der Waals surface area contributed by atoms with Gasteiger partial charge in [0.25, 0.3) is 0 Å². The Morgan fingerprint density at radius 3 is 2.67 bits per heavy atom. The summed E-state index contributed by atoms with van der Waals surface area (Å²) in [6.45, 7) is 2.21. The number of aliphatic carboxylic acids is 1. The summed E-state index contributed by atoms with van der Waals surface area (Å²) >= 11 is 0. The van der Waals surface area contributed by atoms with Crippen LogP contribution in [0.5, 0.6) is 0 Å². The predicted molar refractivity (Wildman–Crippen MR) is 63.8 cm³/mol. The third-order valence-corrected chi connectivity index (χ3v) is 3.39. The summed E-state index contributed by atoms with van der Waals surface area (Å²) in [5.41, 5.74) is 0. The van der Waals surface area contributed by atoms with Gasteiger partial charge in [0.05, 0.1) is 12.5 Å². The second-order valence-corrected chi connectivity index (χ2v) is 4.78. The van der Waals surface area contributed by atoms with E-state index in [2.05, 4.69) is 5.32 Å². The lowest BCUT2D eigenvalue weighted by atomic mass is 10.0. The molecule has 2 rings (SSSR count). The topological polar surface area (TPSA) is 79.5 Å². The van der Waals surface area contributed by atoms with E-state index in [0.717, 1.165) is 5.76 Å². The number of rotatable bonds is 4. The summed E-state index contributed by atoms with van der Waals surface area (Å²) in [6, 6.07) is 3.67. The standard InChI is InChI=1S/C13H17NO4/c1-8-2-5-11(18-8)7-14-12(15)9-3-4-10(6-9)13(16)17/h2,5,9-10H,3-4,6-7H2,1H3,(H,14,15)(H,16,17)/t9-,10+/m1/s1. The summed E-state index contributed by atoms with van der Waals surface area (Å²) in [7, 11) is 0. The Hall–Kier alpha value is -1.78. The number of amides is 1. The fourth-order valence-electron chi connectivity index (χ4n) is 2.34. The van der Waals surface area contributed by atoms with Crippen molar-refractivity contribution >= 4 is 11.9 Å². The second kappa shape index (κ2) is 5.25. The molecule has 1 heterocycles. The maximum Gasteiger partial charge on any atom is 0.306 e. The van der Waals surface area contributed by atoms with Crippen LogP contribution in [-0.2, 0) is 16.1 Å². The quantitative estimate of drug-likeness (QED) is 0.853. The SMILES string of the molecule is Cc1ccc(CNC(=O)[C@@H]2CC[C@H](C(=O)O)C2)o1. The average molecular weight is 251 g/mol. The number of carboxylic acid groups (broad SMARTS) is 1. The lowest BCUT2D eigenvalue weighted by molar-refractivity contribution is -0.141. The molecule has 2 N–H and O–H groups in total. The Morgan fingerprint density at radius 1 is 1.39 bits per heavy atom. The Kier molecular flexibility index (Phi) is 3.69. The molecule has 1 aliphatic carbocycles. The van der Waals surface area contributed by atoms with Crippen LogP contribution >= 0.6 is 0 Å². The summed E-state index contributed by atoms with van der Waals surface area (Å²) in [4.78, 5) is 22.7. The number of aryl methyl sites for hydroxylation is 1. The summed E-state index contributed by atoms with van der Waals surface area (Å²) < 4.78 is 5.35. The van der Waals surface area contributed by atoms with Crippen LogP contribution in [0.1, 0.15) is 30.8 Å². The van der Waals surface area contributed by atoms with E-state index in [0.29, 0.717) is 31.6 Å². The molecule has 0 aromatic carbocycles. The maximum atomic E-state index is 11.8. The number of furan rings is 1. The van der Waals surface area contributed by atoms with Gasteiger partial charge in [-0.05, 0) is 38.3 Å². The van der Waals surface area contributed by atoms with Gasteiger partial charge in [-0.3, -0.25) is 9.59 Å². The van der Waals surface area contributed by atoms with E-state index in [1.807, 2.05) is 19.1 Å². The zero-order chi connectivity index (χ0) is 13.1. The molecule has 0 unspecified atom stereocenters. The van der Waals surface area contributed by atoms with Crippen molar-refractivity contribution < 1.29 is 19.1 Å². The first-order valence-electron chi connectivity index (χ1n) is 6.12. The molecule has 98 valence electrons. The van der Waals surface area contributed by atoms with Gasteiger partial charge in [-0.25, -0.2) is 0 Å². The molecule has 0 spiro atoms. The molecule has 0 saturated heterocycles. The van der Waals surface area contributed by atoms with Crippen LogP contribution in [0, 0.1) is 18.8 Å². The molecule has 2 atom stereocenters. The Balaban J connectivity index is 1.80. The number of carbonyl (C=O) groups is 2. The van der Waals surface area contributed by atoms with Crippen molar-refractivity contribution in [1.82, 2.24) is 5.32 Å². The molecule has 5 heteroatoms. The third kappa shape index (κ3) is 2.91. The molecule has 5 nitrogen and oxygen atoms in total. The van der Waals surface area contributed by atoms with E-state index in [1.54, 1.807) is 0 Å². The summed E-state index contributed by atoms with van der Waals surface area (Å²) in [5, 5.41) is 11.7. The number of carbonyl (C=O) groups excluding carboxylic acids is 1. The normalized spacial score (nSPS) is 22.9. The van der Waals surface area contributed by atoms with E-state index < -0.39 is 5.97 Å². The highest BCUT2D eigenvalue weighted by atomic mass is 16.4. The van der Waals surface area contributed by atoms with Gasteiger partial charge >= 0.3 is 5.97 Å². The predicted octanol–water partition coefficient (Wildman–Crippen LogP) is 1.71. The van der Waals surface area contributed by atoms with E-state index >= 15 is 0 Å². The molecule has 1 aliphatic rings. The molecule has 0 radical (unpaired) electrons. The van der Waals surface area contributed by atoms with Gasteiger partial charge in [-0.15, -0.1) is 0 Å². The van der Waals surface area contributed by atoms with Crippen molar-refractivity contribution in [3.63, 3.8) is 0 Å². The van der Waals surface area contributed by atoms with Crippen LogP contribution in [0.15, 0.2) is 16.5 Å². The zero-order valence-electron chi connectivity index (χ0n) is 10.3. The fraction of sp³-hybridized carbons (Fsp3) is 0.538. The minimum absolute atomic E-state index is 0.0761. The van der Waals surface area contributed by atoms with Gasteiger partial charge in [0, 0.05) is 5.92 Å². The van der Waals surface area contributed by atoms with Crippen LogP contribution in [0.4, 0.5) is 0 Å². The summed E-state index contributed by atoms with van der Waals surface area (Å²) in [5.74, 6) is 0.105. The smallest absolute Gasteiger partial charge is 0.306 e. The van der Waals surface area contributed by atoms with Crippen LogP contribution in [0.25, 0.3) is 0 Å². The molecule has 0 bridgehead atoms. The largest absolute Gasteiger partial charge is 0.481 e. The third-order valence-electron chi connectivity index (χ3n) is 3.39. The lowest BCUT2D eigenvalue weighted by Gasteiger charge is -2.09. The molecular weight excluding hydrogens is 234 g/mol. The highest BCUT2D eigenvalue weighted by Crippen LogP contribution is 2.31. The molecule has 0 aliphatic heterocycles. The Labute approximate surface area is 105 Å². The van der Waals surface area contributed by atoms with Crippen molar-refractivity contribution in [2.75, 3.05) is 0 Å². The van der Waals surface area contributed by atoms with E-state index in [9.17, 15) is 9.59 Å². The van der Waals surface area contributed by atoms with E-state index in [4.69, 9.17) is 9.52 Å². The van der Waals surface area contributed by atoms with Gasteiger partial charge < -0.3 is 14.8 Å². The number of hydrogen-bond acceptors (Lipinski definition) is 3. The molecule has 1 fully saturated rings. The van der Waals surface area contributed by atoms with Gasteiger partial charge in [-0.2, -0.15) is 0 Å². The van der Waals surface area contributed by atoms with Crippen molar-refractivity contribution in [1.29, 1.82) is 0 Å². The van der Waals surface area contributed by atoms with Gasteiger partial charge in [0.2, 0.25) is 5.91 Å². The first-order valence-corrected chi connectivity index (χ1v) is 6.12. The van der Waals surface area contributed by atoms with Crippen molar-refractivity contribution in [2.24, 2.45) is 11.8 Å². The van der Waals surface area contributed by atoms with Gasteiger partial charge in [0.1, 0.15) is 11.5 Å². The van der Waals surface area contributed by atoms with E-state index in [-0.39, 0.29) is 17.7 Å². The molecular formula is C13H17NO4. The fourth-order valence-corrected chi connectivity index (χ4v) is 2.34. The van der Waals surface area contributed by atoms with E-state index in [1.165, 1.54) is 0 Å². The highest BCUT2D eigenvalue weighted by molar-refractivity contribution is 5.80. The van der Waals surface area contributed by atoms with Crippen LogP contribution in [0.3, 0.4) is 0 Å². The molecule has 18 heavy (non-hydrogen) atoms. The van der Waals surface area contributed by atoms with Crippen molar-refractivity contribution in [2.45, 2.75) is 32.7 Å². The first kappa shape index (κ1) is 12.7. The summed E-state index contributed by atoms with van der Waals surface area (Å²) in [6.07, 6.45) is 1.69. The number of hydrogen-bond donors (Lipinski definition) is 2. The van der Waals surface area contributed by atoms with Crippen LogP contribution in [0.2, 0.25) is 0 Å². The monoisotopic (exact) mass is 251 g/mol. The number of nitrogens with one attached hydrogen (secondary N) is 1. The van der Waals surface area contributed by atoms with Gasteiger partial charge in [-0.1, -0.05) is 0 Å². The lowest BCUT2D eigenvalue weighted by Crippen LogP contribution is -2.29. The molecule has 1 aromatic rings. The number of carboxylic acids is 1. The van der Waals surface area contributed by atoms with Crippen molar-refractivity contribution in [3.8, 4) is 0 Å². The molecule has 1 amide bonds. The average Bonchev–Trinajstić information content (AvgIpc) is 2.94. The highest BCUT2D eigenvalue weighted by Gasteiger charge is 2.33. The Morgan fingerprint density at radius 2 is 2.11 bits per heavy atom. The van der Waals surface area contributed by atoms with Gasteiger partial charge in [0.15, 0.2) is 0 Å². The minimum atomic E-state index is -0.799. The van der Waals surface area contributed by atoms with Crippen molar-refractivity contribution in [3.05, 3.63) is 23.7 Å². The zero-order valence-corrected chi connectivity index (χ0v) is 10.3. The second-order valence-electron chi connectivity index (χ2n) is 4.78. The Bertz CT molecular complexity index is 452. The maximum absolute atomic E-state index is 11.8. The minimum Gasteiger partial charge on any atom is -0.481 e.